The highest BCUT2D eigenvalue weighted by atomic mass is 16.3. The molecule has 8 aromatic carbocycles. The van der Waals surface area contributed by atoms with Gasteiger partial charge in [-0.15, -0.1) is 0 Å². The van der Waals surface area contributed by atoms with E-state index in [-0.39, 0.29) is 10.8 Å². The quantitative estimate of drug-likeness (QED) is 0.177. The second kappa shape index (κ2) is 11.5. The van der Waals surface area contributed by atoms with Gasteiger partial charge in [-0.3, -0.25) is 0 Å². The molecule has 0 amide bonds. The van der Waals surface area contributed by atoms with Gasteiger partial charge in [0.1, 0.15) is 11.2 Å². The molecule has 57 heavy (non-hydrogen) atoms. The molecule has 0 aliphatic heterocycles. The van der Waals surface area contributed by atoms with Gasteiger partial charge in [-0.25, -0.2) is 0 Å². The Balaban J connectivity index is 1.19. The van der Waals surface area contributed by atoms with Crippen LogP contribution in [-0.2, 0) is 10.8 Å². The summed E-state index contributed by atoms with van der Waals surface area (Å²) < 4.78 is 11.4. The lowest BCUT2D eigenvalue weighted by Gasteiger charge is -2.42. The molecule has 3 nitrogen and oxygen atoms in total. The molecule has 1 aliphatic carbocycles. The van der Waals surface area contributed by atoms with E-state index in [1.165, 1.54) is 78.4 Å². The first-order valence-electron chi connectivity index (χ1n) is 20.3. The number of benzene rings is 8. The fraction of sp³-hybridized carbons (Fsp3) is 0.148. The number of fused-ring (bicyclic) bond motifs is 12. The average molecular weight is 735 g/mol. The Morgan fingerprint density at radius 2 is 1.04 bits per heavy atom. The van der Waals surface area contributed by atoms with Gasteiger partial charge >= 0.3 is 0 Å². The molecule has 0 saturated carbocycles. The van der Waals surface area contributed by atoms with E-state index >= 15 is 0 Å². The average Bonchev–Trinajstić information content (AvgIpc) is 3.88. The third-order valence-corrected chi connectivity index (χ3v) is 13.3. The highest BCUT2D eigenvalue weighted by Gasteiger charge is 2.38. The Hall–Kier alpha value is -6.58. The second-order valence-corrected chi connectivity index (χ2v) is 17.6. The number of aromatic nitrogens is 2. The number of nitrogens with zero attached hydrogens (tertiary/aromatic N) is 2. The van der Waals surface area contributed by atoms with Gasteiger partial charge in [0.15, 0.2) is 0 Å². The van der Waals surface area contributed by atoms with Gasteiger partial charge in [0, 0.05) is 43.7 Å². The number of hydrogen-bond donors (Lipinski definition) is 0. The predicted molar refractivity (Wildman–Crippen MR) is 241 cm³/mol. The minimum atomic E-state index is 0.0773. The highest BCUT2D eigenvalue weighted by Crippen LogP contribution is 2.50. The zero-order chi connectivity index (χ0) is 38.2. The molecule has 3 aromatic heterocycles. The van der Waals surface area contributed by atoms with Crippen LogP contribution in [0.2, 0.25) is 0 Å². The molecule has 0 fully saturated rings. The monoisotopic (exact) mass is 734 g/mol. The molecule has 0 bridgehead atoms. The standard InChI is InChI=1S/C54H42N2O/c1-53(2)25-26-54(3,4)45-31-47-42(30-44(45)53)41-29-43-49(55(36-15-6-5-7-16-36)46-24-22-33-13-8-9-18-38(33)52(43)46)32-48(41)56(47)37-17-12-14-34(27-37)35-21-23-40-39-19-10-11-20-50(39)57-51(40)28-35/h5-24,27-32H,25-26H2,1-4H3. The van der Waals surface area contributed by atoms with Gasteiger partial charge in [0.25, 0.3) is 0 Å². The third kappa shape index (κ3) is 4.66. The predicted octanol–water partition coefficient (Wildman–Crippen LogP) is 14.9. The van der Waals surface area contributed by atoms with Crippen molar-refractivity contribution in [2.75, 3.05) is 0 Å². The number of furan rings is 1. The van der Waals surface area contributed by atoms with Crippen LogP contribution in [0.25, 0.3) is 98.8 Å². The molecule has 0 spiro atoms. The molecule has 0 saturated heterocycles. The highest BCUT2D eigenvalue weighted by molar-refractivity contribution is 6.25. The van der Waals surface area contributed by atoms with Crippen LogP contribution in [0.5, 0.6) is 0 Å². The molecule has 1 aliphatic rings. The second-order valence-electron chi connectivity index (χ2n) is 17.6. The lowest BCUT2D eigenvalue weighted by atomic mass is 9.63. The van der Waals surface area contributed by atoms with E-state index in [0.29, 0.717) is 0 Å². The number of para-hydroxylation sites is 2. The largest absolute Gasteiger partial charge is 0.456 e. The smallest absolute Gasteiger partial charge is 0.136 e. The van der Waals surface area contributed by atoms with Crippen molar-refractivity contribution >= 4 is 76.3 Å². The van der Waals surface area contributed by atoms with Crippen LogP contribution in [-0.4, -0.2) is 9.13 Å². The Bertz CT molecular complexity index is 3460. The zero-order valence-corrected chi connectivity index (χ0v) is 32.7. The van der Waals surface area contributed by atoms with Crippen molar-refractivity contribution in [1.82, 2.24) is 9.13 Å². The fourth-order valence-corrected chi connectivity index (χ4v) is 10.2. The summed E-state index contributed by atoms with van der Waals surface area (Å²) in [6, 6.07) is 58.4. The molecular formula is C54H42N2O. The van der Waals surface area contributed by atoms with Gasteiger partial charge in [0.2, 0.25) is 0 Å². The van der Waals surface area contributed by atoms with Crippen LogP contribution >= 0.6 is 0 Å². The molecule has 3 heteroatoms. The molecular weight excluding hydrogens is 693 g/mol. The van der Waals surface area contributed by atoms with E-state index < -0.39 is 0 Å². The normalized spacial score (nSPS) is 15.2. The van der Waals surface area contributed by atoms with Crippen molar-refractivity contribution in [3.05, 3.63) is 169 Å². The van der Waals surface area contributed by atoms with Crippen LogP contribution in [0.3, 0.4) is 0 Å². The molecule has 0 radical (unpaired) electrons. The van der Waals surface area contributed by atoms with E-state index in [9.17, 15) is 0 Å². The molecule has 0 N–H and O–H groups in total. The molecule has 11 aromatic rings. The third-order valence-electron chi connectivity index (χ3n) is 13.3. The van der Waals surface area contributed by atoms with E-state index in [0.717, 1.165) is 44.4 Å². The summed E-state index contributed by atoms with van der Waals surface area (Å²) in [4.78, 5) is 0. The van der Waals surface area contributed by atoms with Crippen LogP contribution in [0.15, 0.2) is 162 Å². The van der Waals surface area contributed by atoms with E-state index in [2.05, 4.69) is 188 Å². The van der Waals surface area contributed by atoms with Crippen molar-refractivity contribution in [3.8, 4) is 22.5 Å². The molecule has 274 valence electrons. The van der Waals surface area contributed by atoms with Gasteiger partial charge < -0.3 is 13.6 Å². The maximum atomic E-state index is 6.35. The first kappa shape index (κ1) is 32.6. The molecule has 0 atom stereocenters. The molecule has 3 heterocycles. The van der Waals surface area contributed by atoms with E-state index in [4.69, 9.17) is 4.42 Å². The summed E-state index contributed by atoms with van der Waals surface area (Å²) in [7, 11) is 0. The lowest BCUT2D eigenvalue weighted by Crippen LogP contribution is -2.33. The molecule has 12 rings (SSSR count). The number of rotatable bonds is 3. The topological polar surface area (TPSA) is 23.0 Å². The summed E-state index contributed by atoms with van der Waals surface area (Å²) in [6.45, 7) is 9.74. The maximum absolute atomic E-state index is 6.35. The van der Waals surface area contributed by atoms with Gasteiger partial charge in [0.05, 0.1) is 22.1 Å². The van der Waals surface area contributed by atoms with Crippen LogP contribution in [0.1, 0.15) is 51.7 Å². The van der Waals surface area contributed by atoms with Crippen LogP contribution in [0, 0.1) is 0 Å². The first-order valence-corrected chi connectivity index (χ1v) is 20.3. The summed E-state index contributed by atoms with van der Waals surface area (Å²) in [5, 5.41) is 10.0. The van der Waals surface area contributed by atoms with Gasteiger partial charge in [-0.2, -0.15) is 0 Å². The Kier molecular flexibility index (Phi) is 6.58. The lowest BCUT2D eigenvalue weighted by molar-refractivity contribution is 0.332. The Labute approximate surface area is 331 Å². The van der Waals surface area contributed by atoms with Crippen molar-refractivity contribution < 1.29 is 4.42 Å². The summed E-state index contributed by atoms with van der Waals surface area (Å²) in [5.74, 6) is 0. The number of hydrogen-bond acceptors (Lipinski definition) is 1. The van der Waals surface area contributed by atoms with E-state index in [1.54, 1.807) is 0 Å². The summed E-state index contributed by atoms with van der Waals surface area (Å²) in [6.07, 6.45) is 2.35. The fourth-order valence-electron chi connectivity index (χ4n) is 10.2. The van der Waals surface area contributed by atoms with Gasteiger partial charge in [-0.05, 0) is 129 Å². The Morgan fingerprint density at radius 1 is 0.404 bits per heavy atom. The summed E-state index contributed by atoms with van der Waals surface area (Å²) >= 11 is 0. The minimum Gasteiger partial charge on any atom is -0.456 e. The van der Waals surface area contributed by atoms with Crippen molar-refractivity contribution in [2.45, 2.75) is 51.4 Å². The zero-order valence-electron chi connectivity index (χ0n) is 32.7. The van der Waals surface area contributed by atoms with Gasteiger partial charge in [-0.1, -0.05) is 113 Å². The Morgan fingerprint density at radius 3 is 1.88 bits per heavy atom. The maximum Gasteiger partial charge on any atom is 0.136 e. The van der Waals surface area contributed by atoms with Crippen molar-refractivity contribution in [1.29, 1.82) is 0 Å². The van der Waals surface area contributed by atoms with Crippen LogP contribution < -0.4 is 0 Å². The van der Waals surface area contributed by atoms with Crippen LogP contribution in [0.4, 0.5) is 0 Å². The SMILES string of the molecule is CC1(C)CCC(C)(C)c2cc3c(cc21)c1cc2c4c5ccccc5ccc4n(-c4ccccc4)c2cc1n3-c1cccc(-c2ccc3c(c2)oc2ccccc23)c1. The van der Waals surface area contributed by atoms with Crippen molar-refractivity contribution in [3.63, 3.8) is 0 Å². The van der Waals surface area contributed by atoms with Crippen molar-refractivity contribution in [2.24, 2.45) is 0 Å². The van der Waals surface area contributed by atoms with E-state index in [1.807, 2.05) is 6.07 Å². The summed E-state index contributed by atoms with van der Waals surface area (Å²) in [5.41, 5.74) is 14.5. The molecule has 0 unspecified atom stereocenters. The first-order chi connectivity index (χ1) is 27.7. The minimum absolute atomic E-state index is 0.0773.